The Morgan fingerprint density at radius 3 is 1.65 bits per heavy atom. The molecule has 0 aliphatic heterocycles. The first kappa shape index (κ1) is 30.0. The van der Waals surface area contributed by atoms with E-state index in [1.807, 2.05) is 0 Å². The van der Waals surface area contributed by atoms with Gasteiger partial charge >= 0.3 is 0 Å². The normalized spacial score (nSPS) is 11.5. The van der Waals surface area contributed by atoms with Crippen LogP contribution < -0.4 is 4.90 Å². The molecule has 10 rings (SSSR count). The third-order valence-corrected chi connectivity index (χ3v) is 10.2. The lowest BCUT2D eigenvalue weighted by molar-refractivity contribution is 0.670. The van der Waals surface area contributed by atoms with Crippen molar-refractivity contribution in [1.82, 2.24) is 0 Å². The first-order valence-corrected chi connectivity index (χ1v) is 17.8. The third kappa shape index (κ3) is 5.04. The lowest BCUT2D eigenvalue weighted by Gasteiger charge is -2.28. The zero-order valence-electron chi connectivity index (χ0n) is 28.4. The van der Waals surface area contributed by atoms with Crippen molar-refractivity contribution in [2.24, 2.45) is 0 Å². The summed E-state index contributed by atoms with van der Waals surface area (Å²) in [5, 5.41) is 7.08. The molecule has 1 heterocycles. The van der Waals surface area contributed by atoms with Gasteiger partial charge in [-0.3, -0.25) is 0 Å². The molecule has 0 radical (unpaired) electrons. The number of rotatable bonds is 6. The highest BCUT2D eigenvalue weighted by Gasteiger charge is 2.22. The number of para-hydroxylation sites is 1. The minimum atomic E-state index is 0.858. The van der Waals surface area contributed by atoms with E-state index in [4.69, 9.17) is 4.42 Å². The fraction of sp³-hybridized carbons (Fsp3) is 0. The summed E-state index contributed by atoms with van der Waals surface area (Å²) in [4.78, 5) is 2.41. The molecule has 0 fully saturated rings. The molecule has 0 N–H and O–H groups in total. The van der Waals surface area contributed by atoms with Crippen LogP contribution in [0, 0.1) is 0 Å². The van der Waals surface area contributed by atoms with Crippen LogP contribution in [0.5, 0.6) is 0 Å². The average Bonchev–Trinajstić information content (AvgIpc) is 3.62. The molecule has 0 atom stereocenters. The second-order valence-electron chi connectivity index (χ2n) is 13.3. The number of hydrogen-bond donors (Lipinski definition) is 0. The lowest BCUT2D eigenvalue weighted by atomic mass is 9.93. The van der Waals surface area contributed by atoms with Gasteiger partial charge in [-0.2, -0.15) is 0 Å². The van der Waals surface area contributed by atoms with Crippen molar-refractivity contribution in [3.63, 3.8) is 0 Å². The van der Waals surface area contributed by atoms with Gasteiger partial charge in [0.1, 0.15) is 11.2 Å². The molecule has 9 aromatic carbocycles. The minimum Gasteiger partial charge on any atom is -0.455 e. The van der Waals surface area contributed by atoms with Gasteiger partial charge in [-0.1, -0.05) is 164 Å². The molecule has 0 aliphatic carbocycles. The van der Waals surface area contributed by atoms with Crippen molar-refractivity contribution in [1.29, 1.82) is 0 Å². The van der Waals surface area contributed by atoms with Gasteiger partial charge in [0, 0.05) is 22.3 Å². The molecule has 0 aliphatic rings. The summed E-state index contributed by atoms with van der Waals surface area (Å²) in [5.74, 6) is 0. The summed E-state index contributed by atoms with van der Waals surface area (Å²) >= 11 is 0. The lowest BCUT2D eigenvalue weighted by Crippen LogP contribution is -2.10. The van der Waals surface area contributed by atoms with Crippen molar-refractivity contribution in [3.05, 3.63) is 200 Å². The quantitative estimate of drug-likeness (QED) is 0.165. The van der Waals surface area contributed by atoms with Gasteiger partial charge in [-0.05, 0) is 85.8 Å². The van der Waals surface area contributed by atoms with Crippen LogP contribution in [0.2, 0.25) is 0 Å². The molecular formula is C50H33NO. The van der Waals surface area contributed by atoms with Gasteiger partial charge in [0.05, 0.1) is 11.1 Å². The maximum Gasteiger partial charge on any atom is 0.143 e. The highest BCUT2D eigenvalue weighted by molar-refractivity contribution is 6.17. The van der Waals surface area contributed by atoms with Crippen molar-refractivity contribution in [2.75, 3.05) is 4.90 Å². The standard InChI is InChI=1S/C50H33NO/c1-4-14-34(15-5-1)42-31-30-40(33-45(42)36-18-8-3-9-19-36)51(39-29-28-38-27-26-37-20-10-11-21-41(37)46(38)32-39)47-24-13-25-48-49(47)44-23-12-22-43(50(44)52-48)35-16-6-2-7-17-35/h1-33H. The van der Waals surface area contributed by atoms with E-state index >= 15 is 0 Å². The molecule has 10 aromatic rings. The Kier molecular flexibility index (Phi) is 7.18. The van der Waals surface area contributed by atoms with E-state index in [-0.39, 0.29) is 0 Å². The van der Waals surface area contributed by atoms with Crippen LogP contribution in [-0.4, -0.2) is 0 Å². The second-order valence-corrected chi connectivity index (χ2v) is 13.3. The Labute approximate surface area is 302 Å². The predicted molar refractivity (Wildman–Crippen MR) is 220 cm³/mol. The van der Waals surface area contributed by atoms with Crippen molar-refractivity contribution in [2.45, 2.75) is 0 Å². The van der Waals surface area contributed by atoms with Crippen molar-refractivity contribution >= 4 is 60.5 Å². The van der Waals surface area contributed by atoms with Gasteiger partial charge < -0.3 is 9.32 Å². The molecule has 0 unspecified atom stereocenters. The van der Waals surface area contributed by atoms with Gasteiger partial charge in [0.15, 0.2) is 0 Å². The van der Waals surface area contributed by atoms with E-state index in [1.165, 1.54) is 43.8 Å². The number of anilines is 3. The van der Waals surface area contributed by atoms with Crippen molar-refractivity contribution in [3.8, 4) is 33.4 Å². The third-order valence-electron chi connectivity index (χ3n) is 10.2. The zero-order chi connectivity index (χ0) is 34.4. The summed E-state index contributed by atoms with van der Waals surface area (Å²) in [6.07, 6.45) is 0. The van der Waals surface area contributed by atoms with E-state index in [1.54, 1.807) is 0 Å². The molecule has 0 saturated heterocycles. The number of hydrogen-bond acceptors (Lipinski definition) is 2. The number of benzene rings is 9. The van der Waals surface area contributed by atoms with E-state index in [9.17, 15) is 0 Å². The number of fused-ring (bicyclic) bond motifs is 6. The highest BCUT2D eigenvalue weighted by Crippen LogP contribution is 2.47. The Balaban J connectivity index is 1.27. The zero-order valence-corrected chi connectivity index (χ0v) is 28.4. The summed E-state index contributed by atoms with van der Waals surface area (Å²) in [6.45, 7) is 0. The Bertz CT molecular complexity index is 2890. The average molecular weight is 664 g/mol. The molecule has 0 saturated carbocycles. The number of nitrogens with zero attached hydrogens (tertiary/aromatic N) is 1. The van der Waals surface area contributed by atoms with Gasteiger partial charge in [0.2, 0.25) is 0 Å². The molecule has 2 nitrogen and oxygen atoms in total. The van der Waals surface area contributed by atoms with E-state index in [0.29, 0.717) is 0 Å². The highest BCUT2D eigenvalue weighted by atomic mass is 16.3. The fourth-order valence-corrected chi connectivity index (χ4v) is 7.81. The van der Waals surface area contributed by atoms with Gasteiger partial charge in [-0.25, -0.2) is 0 Å². The maximum absolute atomic E-state index is 6.77. The molecular weight excluding hydrogens is 631 g/mol. The van der Waals surface area contributed by atoms with Gasteiger partial charge in [-0.15, -0.1) is 0 Å². The molecule has 244 valence electrons. The summed E-state index contributed by atoms with van der Waals surface area (Å²) in [6, 6.07) is 71.7. The molecule has 0 bridgehead atoms. The topological polar surface area (TPSA) is 16.4 Å². The van der Waals surface area contributed by atoms with E-state index in [0.717, 1.165) is 50.1 Å². The summed E-state index contributed by atoms with van der Waals surface area (Å²) in [7, 11) is 0. The molecule has 2 heteroatoms. The molecule has 52 heavy (non-hydrogen) atoms. The van der Waals surface area contributed by atoms with Crippen LogP contribution in [-0.2, 0) is 0 Å². The van der Waals surface area contributed by atoms with E-state index in [2.05, 4.69) is 205 Å². The van der Waals surface area contributed by atoms with Crippen LogP contribution in [0.1, 0.15) is 0 Å². The van der Waals surface area contributed by atoms with Crippen LogP contribution in [0.25, 0.3) is 76.9 Å². The smallest absolute Gasteiger partial charge is 0.143 e. The first-order chi connectivity index (χ1) is 25.8. The predicted octanol–water partition coefficient (Wildman–Crippen LogP) is 14.4. The van der Waals surface area contributed by atoms with Crippen LogP contribution in [0.3, 0.4) is 0 Å². The van der Waals surface area contributed by atoms with Crippen molar-refractivity contribution < 1.29 is 4.42 Å². The summed E-state index contributed by atoms with van der Waals surface area (Å²) in [5.41, 5.74) is 11.9. The molecule has 0 amide bonds. The molecule has 0 spiro atoms. The van der Waals surface area contributed by atoms with Gasteiger partial charge in [0.25, 0.3) is 0 Å². The SMILES string of the molecule is c1ccc(-c2ccc(N(c3ccc4ccc5ccccc5c4c3)c3cccc4oc5c(-c6ccccc6)cccc5c34)cc2-c2ccccc2)cc1. The van der Waals surface area contributed by atoms with Crippen LogP contribution in [0.15, 0.2) is 205 Å². The largest absolute Gasteiger partial charge is 0.455 e. The Hall–Kier alpha value is -6.90. The minimum absolute atomic E-state index is 0.858. The van der Waals surface area contributed by atoms with Crippen LogP contribution in [0.4, 0.5) is 17.1 Å². The summed E-state index contributed by atoms with van der Waals surface area (Å²) < 4.78 is 6.77. The Morgan fingerprint density at radius 1 is 0.346 bits per heavy atom. The maximum atomic E-state index is 6.77. The fourth-order valence-electron chi connectivity index (χ4n) is 7.81. The second kappa shape index (κ2) is 12.5. The molecule has 1 aromatic heterocycles. The Morgan fingerprint density at radius 2 is 0.904 bits per heavy atom. The monoisotopic (exact) mass is 663 g/mol. The first-order valence-electron chi connectivity index (χ1n) is 17.8. The van der Waals surface area contributed by atoms with Crippen LogP contribution >= 0.6 is 0 Å². The van der Waals surface area contributed by atoms with E-state index < -0.39 is 0 Å². The number of furan rings is 1.